The number of nitriles is 1. The van der Waals surface area contributed by atoms with Gasteiger partial charge in [0.1, 0.15) is 17.9 Å². The van der Waals surface area contributed by atoms with Crippen LogP contribution < -0.4 is 14.5 Å². The summed E-state index contributed by atoms with van der Waals surface area (Å²) in [7, 11) is 0. The molecule has 1 saturated carbocycles. The minimum atomic E-state index is -4.72. The van der Waals surface area contributed by atoms with Crippen molar-refractivity contribution < 1.29 is 17.9 Å². The van der Waals surface area contributed by atoms with Crippen LogP contribution in [0.3, 0.4) is 0 Å². The molecule has 0 amide bonds. The Morgan fingerprint density at radius 2 is 1.87 bits per heavy atom. The molecule has 6 nitrogen and oxygen atoms in total. The highest BCUT2D eigenvalue weighted by Gasteiger charge is 2.55. The molecule has 1 aromatic carbocycles. The van der Waals surface area contributed by atoms with Gasteiger partial charge in [0, 0.05) is 24.5 Å². The molecule has 2 aromatic rings. The van der Waals surface area contributed by atoms with Crippen molar-refractivity contribution in [2.45, 2.75) is 49.9 Å². The van der Waals surface area contributed by atoms with Crippen molar-refractivity contribution in [3.8, 4) is 24.2 Å². The smallest absolute Gasteiger partial charge is 0.419 e. The highest BCUT2D eigenvalue weighted by Crippen LogP contribution is 2.52. The molecule has 3 heterocycles. The standard InChI is InChI=1S/C28H26F3N5OS/c1-3-13-34-14-9-23(10-15-34)37-22-7-5-20(6-8-22)36-26(38)35(19(2)27(36)11-4-12-27)21-16-24(28(29,30)31)25(17-32)33-18-21/h1,5-8,16,18,23H,2,4,9-15H2. The Bertz CT molecular complexity index is 1330. The van der Waals surface area contributed by atoms with Crippen molar-refractivity contribution >= 4 is 28.7 Å². The fourth-order valence-corrected chi connectivity index (χ4v) is 5.94. The van der Waals surface area contributed by atoms with Gasteiger partial charge < -0.3 is 9.64 Å². The number of thiocarbonyl (C=S) groups is 1. The number of hydrogen-bond donors (Lipinski definition) is 0. The van der Waals surface area contributed by atoms with Gasteiger partial charge in [-0.05, 0) is 74.7 Å². The molecule has 2 saturated heterocycles. The van der Waals surface area contributed by atoms with Crippen molar-refractivity contribution in [2.75, 3.05) is 29.4 Å². The number of terminal acetylenes is 1. The second kappa shape index (κ2) is 9.94. The monoisotopic (exact) mass is 537 g/mol. The molecule has 10 heteroatoms. The number of pyridine rings is 1. The van der Waals surface area contributed by atoms with E-state index >= 15 is 0 Å². The first-order valence-corrected chi connectivity index (χ1v) is 12.8. The fraction of sp³-hybridized carbons (Fsp3) is 0.393. The van der Waals surface area contributed by atoms with Gasteiger partial charge in [0.2, 0.25) is 0 Å². The lowest BCUT2D eigenvalue weighted by molar-refractivity contribution is -0.138. The van der Waals surface area contributed by atoms with E-state index in [9.17, 15) is 13.2 Å². The zero-order valence-corrected chi connectivity index (χ0v) is 21.5. The van der Waals surface area contributed by atoms with Crippen LogP contribution in [0.1, 0.15) is 43.4 Å². The summed E-state index contributed by atoms with van der Waals surface area (Å²) in [5.41, 5.74) is -0.739. The molecule has 3 fully saturated rings. The first kappa shape index (κ1) is 26.0. The molecule has 0 N–H and O–H groups in total. The maximum atomic E-state index is 13.6. The van der Waals surface area contributed by atoms with Crippen LogP contribution in [0.15, 0.2) is 48.8 Å². The number of halogens is 3. The van der Waals surface area contributed by atoms with E-state index in [4.69, 9.17) is 28.6 Å². The Morgan fingerprint density at radius 1 is 1.18 bits per heavy atom. The minimum Gasteiger partial charge on any atom is -0.490 e. The fourth-order valence-electron chi connectivity index (χ4n) is 5.45. The predicted molar refractivity (Wildman–Crippen MR) is 143 cm³/mol. The quantitative estimate of drug-likeness (QED) is 0.369. The van der Waals surface area contributed by atoms with Crippen molar-refractivity contribution in [3.63, 3.8) is 0 Å². The highest BCUT2D eigenvalue weighted by atomic mass is 32.1. The van der Waals surface area contributed by atoms with Crippen LogP contribution >= 0.6 is 12.2 Å². The first-order chi connectivity index (χ1) is 18.2. The van der Waals surface area contributed by atoms with E-state index in [1.165, 1.54) is 12.3 Å². The van der Waals surface area contributed by atoms with Crippen molar-refractivity contribution in [2.24, 2.45) is 0 Å². The molecule has 0 atom stereocenters. The van der Waals surface area contributed by atoms with Crippen molar-refractivity contribution in [1.29, 1.82) is 5.26 Å². The third-order valence-corrected chi connectivity index (χ3v) is 7.95. The summed E-state index contributed by atoms with van der Waals surface area (Å²) in [5, 5.41) is 9.45. The van der Waals surface area contributed by atoms with E-state index < -0.39 is 23.0 Å². The second-order valence-electron chi connectivity index (χ2n) is 9.78. The number of ether oxygens (including phenoxy) is 1. The summed E-state index contributed by atoms with van der Waals surface area (Å²) in [6, 6.07) is 10.1. The first-order valence-electron chi connectivity index (χ1n) is 12.4. The topological polar surface area (TPSA) is 55.6 Å². The summed E-state index contributed by atoms with van der Waals surface area (Å²) in [6.45, 7) is 6.69. The number of anilines is 2. The predicted octanol–water partition coefficient (Wildman–Crippen LogP) is 5.50. The summed E-state index contributed by atoms with van der Waals surface area (Å²) < 4.78 is 47.1. The number of nitrogens with zero attached hydrogens (tertiary/aromatic N) is 5. The molecule has 0 unspecified atom stereocenters. The van der Waals surface area contributed by atoms with Crippen LogP contribution in [0.5, 0.6) is 5.75 Å². The second-order valence-corrected chi connectivity index (χ2v) is 10.1. The van der Waals surface area contributed by atoms with E-state index in [0.29, 0.717) is 17.4 Å². The zero-order valence-electron chi connectivity index (χ0n) is 20.7. The molecule has 1 spiro atoms. The lowest BCUT2D eigenvalue weighted by Crippen LogP contribution is -2.51. The lowest BCUT2D eigenvalue weighted by atomic mass is 9.74. The van der Waals surface area contributed by atoms with Gasteiger partial charge in [0.05, 0.1) is 29.5 Å². The van der Waals surface area contributed by atoms with Crippen LogP contribution in [0.2, 0.25) is 0 Å². The minimum absolute atomic E-state index is 0.114. The van der Waals surface area contributed by atoms with Crippen LogP contribution in [0.25, 0.3) is 0 Å². The Hall–Kier alpha value is -3.60. The number of hydrogen-bond acceptors (Lipinski definition) is 5. The molecule has 38 heavy (non-hydrogen) atoms. The number of likely N-dealkylation sites (tertiary alicyclic amines) is 1. The van der Waals surface area contributed by atoms with Gasteiger partial charge in [-0.3, -0.25) is 9.80 Å². The Kier molecular flexibility index (Phi) is 6.81. The van der Waals surface area contributed by atoms with E-state index in [1.807, 2.05) is 29.2 Å². The number of rotatable bonds is 5. The molecule has 1 aliphatic carbocycles. The average molecular weight is 538 g/mol. The molecule has 3 aliphatic rings. The number of piperidine rings is 1. The normalized spacial score (nSPS) is 19.8. The Balaban J connectivity index is 1.38. The summed E-state index contributed by atoms with van der Waals surface area (Å²) in [5.74, 6) is 3.43. The Labute approximate surface area is 225 Å². The molecular weight excluding hydrogens is 511 g/mol. The number of alkyl halides is 3. The number of benzene rings is 1. The average Bonchev–Trinajstić information content (AvgIpc) is 3.11. The van der Waals surface area contributed by atoms with Crippen LogP contribution in [-0.4, -0.2) is 46.3 Å². The summed E-state index contributed by atoms with van der Waals surface area (Å²) in [6.07, 6.45) is 6.33. The SMILES string of the molecule is C#CCN1CCC(Oc2ccc(N3C(=S)N(c4cnc(C#N)c(C(F)(F)F)c4)C(=C)C34CCC4)cc2)CC1. The molecule has 5 rings (SSSR count). The van der Waals surface area contributed by atoms with Gasteiger partial charge in [-0.2, -0.15) is 18.4 Å². The van der Waals surface area contributed by atoms with E-state index in [2.05, 4.69) is 22.4 Å². The summed E-state index contributed by atoms with van der Waals surface area (Å²) in [4.78, 5) is 9.53. The van der Waals surface area contributed by atoms with E-state index in [0.717, 1.165) is 62.7 Å². The highest BCUT2D eigenvalue weighted by molar-refractivity contribution is 7.80. The third-order valence-electron chi connectivity index (χ3n) is 7.59. The van der Waals surface area contributed by atoms with Gasteiger partial charge in [-0.15, -0.1) is 6.42 Å². The van der Waals surface area contributed by atoms with Crippen molar-refractivity contribution in [1.82, 2.24) is 9.88 Å². The van der Waals surface area contributed by atoms with Gasteiger partial charge in [0.25, 0.3) is 0 Å². The van der Waals surface area contributed by atoms with Gasteiger partial charge in [-0.25, -0.2) is 4.98 Å². The van der Waals surface area contributed by atoms with Gasteiger partial charge in [-0.1, -0.05) is 12.5 Å². The molecule has 1 aromatic heterocycles. The summed E-state index contributed by atoms with van der Waals surface area (Å²) >= 11 is 5.81. The third kappa shape index (κ3) is 4.48. The van der Waals surface area contributed by atoms with E-state index in [-0.39, 0.29) is 11.8 Å². The lowest BCUT2D eigenvalue weighted by Gasteiger charge is -2.45. The largest absolute Gasteiger partial charge is 0.490 e. The molecule has 0 radical (unpaired) electrons. The van der Waals surface area contributed by atoms with Crippen molar-refractivity contribution in [3.05, 3.63) is 60.1 Å². The van der Waals surface area contributed by atoms with Crippen LogP contribution in [-0.2, 0) is 6.18 Å². The van der Waals surface area contributed by atoms with Gasteiger partial charge >= 0.3 is 6.18 Å². The number of aromatic nitrogens is 1. The molecular formula is C28H26F3N5OS. The van der Waals surface area contributed by atoms with Crippen LogP contribution in [0.4, 0.5) is 24.5 Å². The molecule has 0 bridgehead atoms. The maximum absolute atomic E-state index is 13.6. The van der Waals surface area contributed by atoms with E-state index in [1.54, 1.807) is 4.90 Å². The van der Waals surface area contributed by atoms with Crippen LogP contribution in [0, 0.1) is 23.7 Å². The maximum Gasteiger partial charge on any atom is 0.419 e. The Morgan fingerprint density at radius 3 is 2.42 bits per heavy atom. The molecule has 196 valence electrons. The van der Waals surface area contributed by atoms with Gasteiger partial charge in [0.15, 0.2) is 10.8 Å². The molecule has 2 aliphatic heterocycles. The zero-order chi connectivity index (χ0) is 27.1.